The van der Waals surface area contributed by atoms with Crippen molar-refractivity contribution in [3.8, 4) is 11.5 Å². The Hall–Kier alpha value is -2.44. The Labute approximate surface area is 134 Å². The molecular weight excluding hydrogens is 300 g/mol. The zero-order valence-corrected chi connectivity index (χ0v) is 13.2. The quantitative estimate of drug-likeness (QED) is 0.855. The lowest BCUT2D eigenvalue weighted by atomic mass is 10.1. The van der Waals surface area contributed by atoms with Gasteiger partial charge in [0.1, 0.15) is 12.6 Å². The molecule has 7 nitrogen and oxygen atoms in total. The first-order valence-electron chi connectivity index (χ1n) is 7.57. The fourth-order valence-electron chi connectivity index (χ4n) is 2.54. The van der Waals surface area contributed by atoms with Crippen LogP contribution in [0.3, 0.4) is 0 Å². The molecule has 1 saturated heterocycles. The van der Waals surface area contributed by atoms with Crippen LogP contribution in [0.25, 0.3) is 0 Å². The predicted octanol–water partition coefficient (Wildman–Crippen LogP) is 1.30. The maximum atomic E-state index is 12.2. The molecule has 1 aromatic rings. The Morgan fingerprint density at radius 1 is 1.30 bits per heavy atom. The Morgan fingerprint density at radius 2 is 2.04 bits per heavy atom. The standard InChI is InChI=1S/C16H20N2O5/c1-21-13-6-3-10(7-14(13)22-2)8-18-12(9-23-16(18)20)15(19)17-11-4-5-11/h3,6-7,11-12H,4-5,8-9H2,1-2H3,(H,17,19)/t12-/m0/s1. The first-order valence-corrected chi connectivity index (χ1v) is 7.57. The molecule has 3 rings (SSSR count). The van der Waals surface area contributed by atoms with E-state index in [1.54, 1.807) is 26.4 Å². The number of nitrogens with one attached hydrogen (secondary N) is 1. The SMILES string of the molecule is COc1ccc(CN2C(=O)OC[C@H]2C(=O)NC2CC2)cc1OC. The van der Waals surface area contributed by atoms with Gasteiger partial charge < -0.3 is 19.5 Å². The van der Waals surface area contributed by atoms with Crippen molar-refractivity contribution in [1.82, 2.24) is 10.2 Å². The number of carbonyl (C=O) groups excluding carboxylic acids is 2. The summed E-state index contributed by atoms with van der Waals surface area (Å²) in [4.78, 5) is 25.6. The summed E-state index contributed by atoms with van der Waals surface area (Å²) in [5.74, 6) is 1.04. The van der Waals surface area contributed by atoms with Gasteiger partial charge >= 0.3 is 6.09 Å². The highest BCUT2D eigenvalue weighted by Gasteiger charge is 2.39. The van der Waals surface area contributed by atoms with E-state index >= 15 is 0 Å². The van der Waals surface area contributed by atoms with Crippen LogP contribution in [0.5, 0.6) is 11.5 Å². The molecule has 124 valence electrons. The molecule has 0 spiro atoms. The Bertz CT molecular complexity index is 614. The third-order valence-corrected chi connectivity index (χ3v) is 4.00. The minimum atomic E-state index is -0.587. The van der Waals surface area contributed by atoms with Gasteiger partial charge in [-0.3, -0.25) is 9.69 Å². The summed E-state index contributed by atoms with van der Waals surface area (Å²) in [5, 5.41) is 2.92. The first kappa shape index (κ1) is 15.5. The van der Waals surface area contributed by atoms with E-state index in [0.29, 0.717) is 11.5 Å². The number of hydrogen-bond donors (Lipinski definition) is 1. The molecular formula is C16H20N2O5. The number of benzene rings is 1. The minimum absolute atomic E-state index is 0.0880. The molecule has 2 fully saturated rings. The van der Waals surface area contributed by atoms with Crippen LogP contribution in [0.15, 0.2) is 18.2 Å². The molecule has 7 heteroatoms. The largest absolute Gasteiger partial charge is 0.493 e. The number of hydrogen-bond acceptors (Lipinski definition) is 5. The molecule has 2 amide bonds. The van der Waals surface area contributed by atoms with E-state index in [1.807, 2.05) is 6.07 Å². The highest BCUT2D eigenvalue weighted by Crippen LogP contribution is 2.29. The Morgan fingerprint density at radius 3 is 2.70 bits per heavy atom. The average molecular weight is 320 g/mol. The van der Waals surface area contributed by atoms with Crippen molar-refractivity contribution >= 4 is 12.0 Å². The van der Waals surface area contributed by atoms with Gasteiger partial charge in [0, 0.05) is 6.04 Å². The maximum Gasteiger partial charge on any atom is 0.410 e. The lowest BCUT2D eigenvalue weighted by Crippen LogP contribution is -2.46. The molecule has 1 heterocycles. The third-order valence-electron chi connectivity index (χ3n) is 4.00. The minimum Gasteiger partial charge on any atom is -0.493 e. The van der Waals surface area contributed by atoms with E-state index < -0.39 is 12.1 Å². The third kappa shape index (κ3) is 3.33. The van der Waals surface area contributed by atoms with E-state index in [0.717, 1.165) is 18.4 Å². The van der Waals surface area contributed by atoms with Gasteiger partial charge in [-0.1, -0.05) is 6.07 Å². The lowest BCUT2D eigenvalue weighted by Gasteiger charge is -2.21. The van der Waals surface area contributed by atoms with E-state index in [2.05, 4.69) is 5.32 Å². The van der Waals surface area contributed by atoms with Gasteiger partial charge in [-0.2, -0.15) is 0 Å². The molecule has 1 aliphatic carbocycles. The van der Waals surface area contributed by atoms with Crippen molar-refractivity contribution in [2.24, 2.45) is 0 Å². The monoisotopic (exact) mass is 320 g/mol. The number of carbonyl (C=O) groups is 2. The maximum absolute atomic E-state index is 12.2. The fraction of sp³-hybridized carbons (Fsp3) is 0.500. The fourth-order valence-corrected chi connectivity index (χ4v) is 2.54. The number of rotatable bonds is 6. The van der Waals surface area contributed by atoms with Crippen LogP contribution < -0.4 is 14.8 Å². The number of nitrogens with zero attached hydrogens (tertiary/aromatic N) is 1. The second-order valence-corrected chi connectivity index (χ2v) is 5.69. The van der Waals surface area contributed by atoms with Crippen LogP contribution in [0.2, 0.25) is 0 Å². The summed E-state index contributed by atoms with van der Waals surface area (Å²) < 4.78 is 15.5. The van der Waals surface area contributed by atoms with Gasteiger partial charge in [-0.15, -0.1) is 0 Å². The highest BCUT2D eigenvalue weighted by molar-refractivity contribution is 5.88. The zero-order valence-electron chi connectivity index (χ0n) is 13.2. The molecule has 1 N–H and O–H groups in total. The summed E-state index contributed by atoms with van der Waals surface area (Å²) in [6, 6.07) is 5.06. The molecule has 1 atom stereocenters. The molecule has 23 heavy (non-hydrogen) atoms. The molecule has 2 aliphatic rings. The van der Waals surface area contributed by atoms with E-state index in [1.165, 1.54) is 4.90 Å². The van der Waals surface area contributed by atoms with E-state index in [9.17, 15) is 9.59 Å². The predicted molar refractivity (Wildman–Crippen MR) is 81.4 cm³/mol. The second kappa shape index (κ2) is 6.36. The summed E-state index contributed by atoms with van der Waals surface area (Å²) in [6.07, 6.45) is 1.53. The van der Waals surface area contributed by atoms with Crippen LogP contribution in [-0.2, 0) is 16.1 Å². The van der Waals surface area contributed by atoms with Crippen molar-refractivity contribution in [1.29, 1.82) is 0 Å². The number of methoxy groups -OCH3 is 2. The summed E-state index contributed by atoms with van der Waals surface area (Å²) >= 11 is 0. The lowest BCUT2D eigenvalue weighted by molar-refractivity contribution is -0.125. The molecule has 1 aliphatic heterocycles. The van der Waals surface area contributed by atoms with Gasteiger partial charge in [0.25, 0.3) is 0 Å². The normalized spacial score (nSPS) is 20.2. The van der Waals surface area contributed by atoms with Crippen molar-refractivity contribution in [3.05, 3.63) is 23.8 Å². The van der Waals surface area contributed by atoms with Crippen molar-refractivity contribution in [2.75, 3.05) is 20.8 Å². The summed E-state index contributed by atoms with van der Waals surface area (Å²) in [6.45, 7) is 0.368. The number of cyclic esters (lactones) is 1. The van der Waals surface area contributed by atoms with Crippen molar-refractivity contribution in [2.45, 2.75) is 31.5 Å². The van der Waals surface area contributed by atoms with Crippen LogP contribution in [0, 0.1) is 0 Å². The van der Waals surface area contributed by atoms with Gasteiger partial charge in [-0.25, -0.2) is 4.79 Å². The smallest absolute Gasteiger partial charge is 0.410 e. The zero-order chi connectivity index (χ0) is 16.4. The number of ether oxygens (including phenoxy) is 3. The van der Waals surface area contributed by atoms with Crippen molar-refractivity contribution in [3.63, 3.8) is 0 Å². The molecule has 0 aromatic heterocycles. The molecule has 0 unspecified atom stereocenters. The van der Waals surface area contributed by atoms with Crippen LogP contribution in [0.1, 0.15) is 18.4 Å². The van der Waals surface area contributed by atoms with E-state index in [4.69, 9.17) is 14.2 Å². The average Bonchev–Trinajstić information content (AvgIpc) is 3.30. The van der Waals surface area contributed by atoms with Gasteiger partial charge in [0.15, 0.2) is 11.5 Å². The van der Waals surface area contributed by atoms with Crippen LogP contribution in [-0.4, -0.2) is 49.8 Å². The summed E-state index contributed by atoms with van der Waals surface area (Å²) in [5.41, 5.74) is 0.839. The van der Waals surface area contributed by atoms with Gasteiger partial charge in [-0.05, 0) is 30.5 Å². The van der Waals surface area contributed by atoms with Gasteiger partial charge in [0.2, 0.25) is 5.91 Å². The molecule has 0 bridgehead atoms. The number of amides is 2. The molecule has 1 aromatic carbocycles. The molecule has 1 saturated carbocycles. The summed E-state index contributed by atoms with van der Waals surface area (Å²) in [7, 11) is 3.12. The first-order chi connectivity index (χ1) is 11.1. The van der Waals surface area contributed by atoms with Crippen molar-refractivity contribution < 1.29 is 23.8 Å². The van der Waals surface area contributed by atoms with Gasteiger partial charge in [0.05, 0.1) is 20.8 Å². The highest BCUT2D eigenvalue weighted by atomic mass is 16.6. The van der Waals surface area contributed by atoms with Crippen LogP contribution in [0.4, 0.5) is 4.79 Å². The topological polar surface area (TPSA) is 77.1 Å². The van der Waals surface area contributed by atoms with Crippen LogP contribution >= 0.6 is 0 Å². The Balaban J connectivity index is 1.73. The second-order valence-electron chi connectivity index (χ2n) is 5.69. The Kier molecular flexibility index (Phi) is 4.27. The van der Waals surface area contributed by atoms with E-state index in [-0.39, 0.29) is 25.1 Å². The molecule has 0 radical (unpaired) electrons.